The second-order valence-corrected chi connectivity index (χ2v) is 3.98. The number of hydrazine groups is 1. The van der Waals surface area contributed by atoms with Gasteiger partial charge >= 0.3 is 11.6 Å². The molecule has 0 unspecified atom stereocenters. The minimum atomic E-state index is -0.668. The molecule has 1 aromatic carbocycles. The second-order valence-electron chi connectivity index (χ2n) is 3.98. The van der Waals surface area contributed by atoms with Gasteiger partial charge in [0.1, 0.15) is 11.9 Å². The largest absolute Gasteiger partial charge is 0.433 e. The van der Waals surface area contributed by atoms with E-state index >= 15 is 0 Å². The summed E-state index contributed by atoms with van der Waals surface area (Å²) in [5.41, 5.74) is 2.84. The molecule has 2 rings (SSSR count). The minimum Gasteiger partial charge on any atom is -0.433 e. The summed E-state index contributed by atoms with van der Waals surface area (Å²) in [4.78, 5) is 17.8. The Labute approximate surface area is 119 Å². The van der Waals surface area contributed by atoms with Crippen LogP contribution in [0.15, 0.2) is 24.4 Å². The fourth-order valence-electron chi connectivity index (χ4n) is 1.51. The smallest absolute Gasteiger partial charge is 0.349 e. The molecule has 2 aromatic rings. The Kier molecular flexibility index (Phi) is 3.92. The molecule has 0 bridgehead atoms. The van der Waals surface area contributed by atoms with Crippen LogP contribution in [-0.2, 0) is 0 Å². The van der Waals surface area contributed by atoms with E-state index in [1.165, 1.54) is 6.07 Å². The maximum Gasteiger partial charge on any atom is 0.349 e. The minimum absolute atomic E-state index is 0.0234. The number of ether oxygens (including phenoxy) is 1. The van der Waals surface area contributed by atoms with E-state index in [0.29, 0.717) is 16.9 Å². The number of anilines is 1. The van der Waals surface area contributed by atoms with Crippen molar-refractivity contribution in [2.24, 2.45) is 5.84 Å². The Morgan fingerprint density at radius 1 is 1.52 bits per heavy atom. The van der Waals surface area contributed by atoms with Gasteiger partial charge in [-0.15, -0.1) is 0 Å². The number of hydrogen-bond donors (Lipinski definition) is 2. The summed E-state index contributed by atoms with van der Waals surface area (Å²) in [6, 6.07) is 6.71. The molecule has 1 heterocycles. The molecule has 0 spiro atoms. The first-order chi connectivity index (χ1) is 10.0. The van der Waals surface area contributed by atoms with Gasteiger partial charge < -0.3 is 4.74 Å². The fraction of sp³-hybridized carbons (Fsp3) is 0.0833. The van der Waals surface area contributed by atoms with Crippen LogP contribution in [0.2, 0.25) is 0 Å². The van der Waals surface area contributed by atoms with Crippen LogP contribution in [0.4, 0.5) is 11.6 Å². The lowest BCUT2D eigenvalue weighted by atomic mass is 10.1. The van der Waals surface area contributed by atoms with Crippen LogP contribution in [0, 0.1) is 28.4 Å². The number of nitrogen functional groups attached to an aromatic ring is 1. The first kappa shape index (κ1) is 14.2. The molecule has 9 nitrogen and oxygen atoms in total. The monoisotopic (exact) mass is 286 g/mol. The van der Waals surface area contributed by atoms with Crippen molar-refractivity contribution in [3.63, 3.8) is 0 Å². The Balaban J connectivity index is 2.47. The van der Waals surface area contributed by atoms with Crippen molar-refractivity contribution in [2.45, 2.75) is 6.92 Å². The van der Waals surface area contributed by atoms with Gasteiger partial charge in [-0.2, -0.15) is 10.2 Å². The standard InChI is InChI=1S/C12H10N6O3/c1-7-2-3-8(5-13)4-10(7)21-11-9(18(19)20)6-15-12(16-11)17-14/h2-4,6H,14H2,1H3,(H,15,16,17). The van der Waals surface area contributed by atoms with Crippen molar-refractivity contribution in [3.05, 3.63) is 45.6 Å². The maximum atomic E-state index is 11.0. The third-order valence-electron chi connectivity index (χ3n) is 2.59. The van der Waals surface area contributed by atoms with E-state index < -0.39 is 10.6 Å². The molecule has 21 heavy (non-hydrogen) atoms. The van der Waals surface area contributed by atoms with Crippen LogP contribution in [-0.4, -0.2) is 14.9 Å². The normalized spacial score (nSPS) is 9.76. The number of aromatic nitrogens is 2. The second kappa shape index (κ2) is 5.81. The number of nitrogens with one attached hydrogen (secondary N) is 1. The van der Waals surface area contributed by atoms with Crippen molar-refractivity contribution in [2.75, 3.05) is 5.43 Å². The van der Waals surface area contributed by atoms with Crippen LogP contribution in [0.25, 0.3) is 0 Å². The molecule has 0 amide bonds. The molecule has 0 atom stereocenters. The fourth-order valence-corrected chi connectivity index (χ4v) is 1.51. The van der Waals surface area contributed by atoms with E-state index in [0.717, 1.165) is 6.20 Å². The Morgan fingerprint density at radius 3 is 2.90 bits per heavy atom. The number of benzene rings is 1. The van der Waals surface area contributed by atoms with Crippen LogP contribution in [0.3, 0.4) is 0 Å². The summed E-state index contributed by atoms with van der Waals surface area (Å²) >= 11 is 0. The third-order valence-corrected chi connectivity index (χ3v) is 2.59. The molecule has 0 aliphatic heterocycles. The van der Waals surface area contributed by atoms with Gasteiger partial charge in [-0.1, -0.05) is 6.07 Å². The first-order valence-electron chi connectivity index (χ1n) is 5.72. The summed E-state index contributed by atoms with van der Waals surface area (Å²) in [6.07, 6.45) is 0.987. The van der Waals surface area contributed by atoms with Crippen LogP contribution in [0.5, 0.6) is 11.6 Å². The van der Waals surface area contributed by atoms with Gasteiger partial charge in [0.15, 0.2) is 0 Å². The summed E-state index contributed by atoms with van der Waals surface area (Å²) in [6.45, 7) is 1.74. The van der Waals surface area contributed by atoms with Crippen molar-refractivity contribution < 1.29 is 9.66 Å². The molecule has 0 fully saturated rings. The van der Waals surface area contributed by atoms with Crippen molar-refractivity contribution in [1.82, 2.24) is 9.97 Å². The highest BCUT2D eigenvalue weighted by atomic mass is 16.6. The summed E-state index contributed by atoms with van der Waals surface area (Å²) < 4.78 is 5.45. The zero-order valence-electron chi connectivity index (χ0n) is 10.9. The van der Waals surface area contributed by atoms with E-state index in [9.17, 15) is 10.1 Å². The molecule has 0 radical (unpaired) electrons. The number of nitrogens with two attached hydrogens (primary N) is 1. The Hall–Kier alpha value is -3.25. The van der Waals surface area contributed by atoms with Crippen LogP contribution < -0.4 is 16.0 Å². The number of nitro groups is 1. The lowest BCUT2D eigenvalue weighted by Crippen LogP contribution is -2.11. The number of nitrogens with zero attached hydrogens (tertiary/aromatic N) is 4. The van der Waals surface area contributed by atoms with E-state index in [4.69, 9.17) is 15.8 Å². The zero-order chi connectivity index (χ0) is 15.4. The van der Waals surface area contributed by atoms with E-state index in [2.05, 4.69) is 15.4 Å². The lowest BCUT2D eigenvalue weighted by Gasteiger charge is -2.09. The van der Waals surface area contributed by atoms with Crippen molar-refractivity contribution in [1.29, 1.82) is 5.26 Å². The molecule has 9 heteroatoms. The molecule has 0 saturated heterocycles. The summed E-state index contributed by atoms with van der Waals surface area (Å²) in [5, 5.41) is 19.8. The van der Waals surface area contributed by atoms with Gasteiger partial charge in [0, 0.05) is 0 Å². The quantitative estimate of drug-likeness (QED) is 0.491. The molecule has 3 N–H and O–H groups in total. The first-order valence-corrected chi connectivity index (χ1v) is 5.72. The van der Waals surface area contributed by atoms with Gasteiger partial charge in [-0.3, -0.25) is 15.5 Å². The van der Waals surface area contributed by atoms with Gasteiger partial charge in [0.2, 0.25) is 5.95 Å². The highest BCUT2D eigenvalue weighted by Gasteiger charge is 2.20. The molecule has 0 aliphatic rings. The van der Waals surface area contributed by atoms with E-state index in [-0.39, 0.29) is 11.8 Å². The molecule has 0 aliphatic carbocycles. The predicted molar refractivity (Wildman–Crippen MR) is 72.5 cm³/mol. The third kappa shape index (κ3) is 3.02. The summed E-state index contributed by atoms with van der Waals surface area (Å²) in [5.74, 6) is 5.17. The number of aryl methyl sites for hydroxylation is 1. The Bertz CT molecular complexity index is 740. The van der Waals surface area contributed by atoms with Crippen LogP contribution in [0.1, 0.15) is 11.1 Å². The SMILES string of the molecule is Cc1ccc(C#N)cc1Oc1nc(NN)ncc1[N+](=O)[O-]. The molecule has 1 aromatic heterocycles. The van der Waals surface area contributed by atoms with Crippen molar-refractivity contribution >= 4 is 11.6 Å². The maximum absolute atomic E-state index is 11.0. The molecule has 106 valence electrons. The zero-order valence-corrected chi connectivity index (χ0v) is 10.9. The van der Waals surface area contributed by atoms with E-state index in [1.807, 2.05) is 6.07 Å². The number of rotatable bonds is 4. The molecular formula is C12H10N6O3. The predicted octanol–water partition coefficient (Wildman–Crippen LogP) is 1.64. The topological polar surface area (TPSA) is 140 Å². The van der Waals surface area contributed by atoms with Gasteiger partial charge in [-0.05, 0) is 24.6 Å². The molecule has 0 saturated carbocycles. The highest BCUT2D eigenvalue weighted by molar-refractivity contribution is 5.48. The van der Waals surface area contributed by atoms with Gasteiger partial charge in [0.25, 0.3) is 0 Å². The Morgan fingerprint density at radius 2 is 2.29 bits per heavy atom. The van der Waals surface area contributed by atoms with Crippen molar-refractivity contribution in [3.8, 4) is 17.7 Å². The number of nitriles is 1. The lowest BCUT2D eigenvalue weighted by molar-refractivity contribution is -0.386. The average Bonchev–Trinajstić information content (AvgIpc) is 2.49. The van der Waals surface area contributed by atoms with Gasteiger partial charge in [0.05, 0.1) is 16.6 Å². The van der Waals surface area contributed by atoms with E-state index in [1.54, 1.807) is 19.1 Å². The average molecular weight is 286 g/mol. The number of hydrogen-bond acceptors (Lipinski definition) is 8. The van der Waals surface area contributed by atoms with Gasteiger partial charge in [-0.25, -0.2) is 10.8 Å². The molecular weight excluding hydrogens is 276 g/mol. The summed E-state index contributed by atoms with van der Waals surface area (Å²) in [7, 11) is 0. The highest BCUT2D eigenvalue weighted by Crippen LogP contribution is 2.31. The van der Waals surface area contributed by atoms with Crippen LogP contribution >= 0.6 is 0 Å².